The largest absolute Gasteiger partial charge is 0.503 e. The highest BCUT2D eigenvalue weighted by atomic mass is 16.5. The number of methoxy groups -OCH3 is 1. The quantitative estimate of drug-likeness (QED) is 0.637. The molecule has 0 aliphatic rings. The molecule has 0 saturated heterocycles. The molecule has 3 N–H and O–H groups in total. The van der Waals surface area contributed by atoms with Gasteiger partial charge >= 0.3 is 0 Å². The van der Waals surface area contributed by atoms with Crippen molar-refractivity contribution < 1.29 is 14.9 Å². The van der Waals surface area contributed by atoms with E-state index in [1.807, 2.05) is 48.5 Å². The van der Waals surface area contributed by atoms with Gasteiger partial charge in [-0.3, -0.25) is 4.79 Å². The summed E-state index contributed by atoms with van der Waals surface area (Å²) in [5.74, 6) is 0.543. The van der Waals surface area contributed by atoms with Crippen LogP contribution in [0.5, 0.6) is 11.5 Å². The molecule has 1 aromatic heterocycles. The molecular formula is C21H21NO4. The maximum Gasteiger partial charge on any atom is 0.223 e. The van der Waals surface area contributed by atoms with Gasteiger partial charge in [0.2, 0.25) is 5.43 Å². The first-order valence-electron chi connectivity index (χ1n) is 8.39. The van der Waals surface area contributed by atoms with Crippen LogP contribution in [0.25, 0.3) is 11.1 Å². The van der Waals surface area contributed by atoms with Crippen LogP contribution in [0, 0.1) is 0 Å². The van der Waals surface area contributed by atoms with Crippen LogP contribution in [0.1, 0.15) is 17.0 Å². The lowest BCUT2D eigenvalue weighted by atomic mass is 10.0. The van der Waals surface area contributed by atoms with E-state index in [1.165, 1.54) is 6.07 Å². The number of hydrogen-bond donors (Lipinski definition) is 3. The molecule has 26 heavy (non-hydrogen) atoms. The van der Waals surface area contributed by atoms with Gasteiger partial charge in [0.25, 0.3) is 0 Å². The van der Waals surface area contributed by atoms with Crippen LogP contribution < -0.4 is 10.2 Å². The van der Waals surface area contributed by atoms with E-state index in [0.29, 0.717) is 24.2 Å². The number of H-pyrrole nitrogens is 1. The zero-order valence-electron chi connectivity index (χ0n) is 14.5. The molecule has 134 valence electrons. The Morgan fingerprint density at radius 1 is 0.962 bits per heavy atom. The summed E-state index contributed by atoms with van der Waals surface area (Å²) in [6.07, 6.45) is 1.15. The number of aromatic nitrogens is 1. The van der Waals surface area contributed by atoms with E-state index in [0.717, 1.165) is 22.4 Å². The SMILES string of the molecule is COc1ccc(-c2ccc(CCc3[nH]c(CO)cc(=O)c3O)cc2)cc1. The molecule has 2 aromatic carbocycles. The Balaban J connectivity index is 1.72. The summed E-state index contributed by atoms with van der Waals surface area (Å²) >= 11 is 0. The number of hydrogen-bond acceptors (Lipinski definition) is 4. The molecule has 5 nitrogen and oxygen atoms in total. The lowest BCUT2D eigenvalue weighted by Crippen LogP contribution is -2.09. The average Bonchev–Trinajstić information content (AvgIpc) is 2.69. The van der Waals surface area contributed by atoms with Crippen molar-refractivity contribution >= 4 is 0 Å². The summed E-state index contributed by atoms with van der Waals surface area (Å²) in [4.78, 5) is 14.6. The molecule has 0 amide bonds. The Hall–Kier alpha value is -3.05. The first-order chi connectivity index (χ1) is 12.6. The molecule has 0 bridgehead atoms. The second-order valence-electron chi connectivity index (χ2n) is 6.07. The Morgan fingerprint density at radius 3 is 2.15 bits per heavy atom. The van der Waals surface area contributed by atoms with Gasteiger partial charge in [0.05, 0.1) is 19.4 Å². The molecule has 0 spiro atoms. The van der Waals surface area contributed by atoms with E-state index < -0.39 is 5.43 Å². The Kier molecular flexibility index (Phi) is 5.39. The third-order valence-electron chi connectivity index (χ3n) is 4.35. The fourth-order valence-electron chi connectivity index (χ4n) is 2.85. The van der Waals surface area contributed by atoms with E-state index in [-0.39, 0.29) is 12.4 Å². The first-order valence-corrected chi connectivity index (χ1v) is 8.39. The summed E-state index contributed by atoms with van der Waals surface area (Å²) in [6, 6.07) is 17.2. The number of aryl methyl sites for hydroxylation is 2. The summed E-state index contributed by atoms with van der Waals surface area (Å²) < 4.78 is 5.17. The number of aromatic amines is 1. The predicted molar refractivity (Wildman–Crippen MR) is 100 cm³/mol. The molecule has 0 saturated carbocycles. The summed E-state index contributed by atoms with van der Waals surface area (Å²) in [7, 11) is 1.64. The highest BCUT2D eigenvalue weighted by molar-refractivity contribution is 5.64. The van der Waals surface area contributed by atoms with Gasteiger partial charge in [-0.15, -0.1) is 0 Å². The minimum Gasteiger partial charge on any atom is -0.503 e. The Bertz CT molecular complexity index is 928. The van der Waals surface area contributed by atoms with E-state index in [1.54, 1.807) is 7.11 Å². The molecule has 0 unspecified atom stereocenters. The van der Waals surface area contributed by atoms with E-state index in [4.69, 9.17) is 4.74 Å². The third-order valence-corrected chi connectivity index (χ3v) is 4.35. The van der Waals surface area contributed by atoms with Crippen LogP contribution in [0.15, 0.2) is 59.4 Å². The first kappa shape index (κ1) is 17.8. The molecule has 0 aliphatic carbocycles. The highest BCUT2D eigenvalue weighted by Crippen LogP contribution is 2.23. The van der Waals surface area contributed by atoms with Gasteiger partial charge in [0.15, 0.2) is 5.75 Å². The van der Waals surface area contributed by atoms with Gasteiger partial charge < -0.3 is 19.9 Å². The van der Waals surface area contributed by atoms with E-state index in [9.17, 15) is 15.0 Å². The molecule has 0 atom stereocenters. The summed E-state index contributed by atoms with van der Waals surface area (Å²) in [6.45, 7) is -0.265. The number of aromatic hydroxyl groups is 1. The van der Waals surface area contributed by atoms with Crippen LogP contribution in [-0.4, -0.2) is 22.3 Å². The van der Waals surface area contributed by atoms with Crippen molar-refractivity contribution in [2.24, 2.45) is 0 Å². The smallest absolute Gasteiger partial charge is 0.223 e. The molecule has 5 heteroatoms. The molecule has 0 fully saturated rings. The Morgan fingerprint density at radius 2 is 1.58 bits per heavy atom. The zero-order chi connectivity index (χ0) is 18.5. The van der Waals surface area contributed by atoms with Crippen molar-refractivity contribution in [3.05, 3.63) is 81.8 Å². The lowest BCUT2D eigenvalue weighted by Gasteiger charge is -2.08. The van der Waals surface area contributed by atoms with Gasteiger partial charge in [-0.2, -0.15) is 0 Å². The molecule has 1 heterocycles. The Labute approximate surface area is 151 Å². The second kappa shape index (κ2) is 7.89. The van der Waals surface area contributed by atoms with Crippen LogP contribution in [0.3, 0.4) is 0 Å². The monoisotopic (exact) mass is 351 g/mol. The molecular weight excluding hydrogens is 330 g/mol. The molecule has 0 aliphatic heterocycles. The number of pyridine rings is 1. The van der Waals surface area contributed by atoms with Gasteiger partial charge in [0.1, 0.15) is 5.75 Å². The van der Waals surface area contributed by atoms with Gasteiger partial charge in [-0.1, -0.05) is 36.4 Å². The number of rotatable bonds is 6. The minimum absolute atomic E-state index is 0.265. The predicted octanol–water partition coefficient (Wildman–Crippen LogP) is 3.03. The normalized spacial score (nSPS) is 10.7. The van der Waals surface area contributed by atoms with Crippen molar-refractivity contribution in [1.82, 2.24) is 4.98 Å². The molecule has 3 aromatic rings. The van der Waals surface area contributed by atoms with Crippen molar-refractivity contribution in [3.8, 4) is 22.6 Å². The number of ether oxygens (including phenoxy) is 1. The fourth-order valence-corrected chi connectivity index (χ4v) is 2.85. The summed E-state index contributed by atoms with van der Waals surface area (Å²) in [5, 5.41) is 19.1. The van der Waals surface area contributed by atoms with Crippen molar-refractivity contribution in [1.29, 1.82) is 0 Å². The molecule has 3 rings (SSSR count). The number of nitrogens with one attached hydrogen (secondary N) is 1. The van der Waals surface area contributed by atoms with E-state index >= 15 is 0 Å². The van der Waals surface area contributed by atoms with Crippen LogP contribution in [-0.2, 0) is 19.4 Å². The fraction of sp³-hybridized carbons (Fsp3) is 0.190. The van der Waals surface area contributed by atoms with Gasteiger partial charge in [0, 0.05) is 11.8 Å². The summed E-state index contributed by atoms with van der Waals surface area (Å²) in [5.41, 5.74) is 3.68. The van der Waals surface area contributed by atoms with Crippen molar-refractivity contribution in [2.45, 2.75) is 19.4 Å². The van der Waals surface area contributed by atoms with Crippen LogP contribution in [0.2, 0.25) is 0 Å². The van der Waals surface area contributed by atoms with Gasteiger partial charge in [-0.05, 0) is 41.7 Å². The standard InChI is InChI=1S/C21H21NO4/c1-26-18-9-7-16(8-10-18)15-5-2-14(3-6-15)4-11-19-21(25)20(24)12-17(13-23)22-19/h2-3,5-10,12,23,25H,4,11,13H2,1H3,(H,22,24). The second-order valence-corrected chi connectivity index (χ2v) is 6.07. The third kappa shape index (κ3) is 3.95. The number of aliphatic hydroxyl groups excluding tert-OH is 1. The van der Waals surface area contributed by atoms with Crippen LogP contribution >= 0.6 is 0 Å². The number of benzene rings is 2. The van der Waals surface area contributed by atoms with Crippen LogP contribution in [0.4, 0.5) is 0 Å². The maximum atomic E-state index is 11.7. The highest BCUT2D eigenvalue weighted by Gasteiger charge is 2.08. The van der Waals surface area contributed by atoms with Gasteiger partial charge in [-0.25, -0.2) is 0 Å². The maximum absolute atomic E-state index is 11.7. The lowest BCUT2D eigenvalue weighted by molar-refractivity contribution is 0.276. The topological polar surface area (TPSA) is 82.5 Å². The molecule has 0 radical (unpaired) electrons. The van der Waals surface area contributed by atoms with E-state index in [2.05, 4.69) is 4.98 Å². The zero-order valence-corrected chi connectivity index (χ0v) is 14.5. The average molecular weight is 351 g/mol. The number of aliphatic hydroxyl groups is 1. The minimum atomic E-state index is -0.474. The van der Waals surface area contributed by atoms with Crippen molar-refractivity contribution in [2.75, 3.05) is 7.11 Å². The van der Waals surface area contributed by atoms with Crippen molar-refractivity contribution in [3.63, 3.8) is 0 Å².